The summed E-state index contributed by atoms with van der Waals surface area (Å²) in [4.78, 5) is 0. The second-order valence-corrected chi connectivity index (χ2v) is 5.23. The topological polar surface area (TPSA) is 38.0 Å². The van der Waals surface area contributed by atoms with Crippen molar-refractivity contribution >= 4 is 16.5 Å². The highest BCUT2D eigenvalue weighted by molar-refractivity contribution is 5.93. The molecule has 0 saturated heterocycles. The smallest absolute Gasteiger partial charge is 0.0422 e. The lowest BCUT2D eigenvalue weighted by molar-refractivity contribution is 0.404. The zero-order chi connectivity index (χ0) is 12.4. The minimum atomic E-state index is 0.290. The third kappa shape index (κ3) is 2.21. The number of rotatable bonds is 2. The Morgan fingerprint density at radius 2 is 1.72 bits per heavy atom. The van der Waals surface area contributed by atoms with Crippen LogP contribution in [-0.2, 0) is 0 Å². The van der Waals surface area contributed by atoms with Gasteiger partial charge in [0.1, 0.15) is 0 Å². The third-order valence-corrected chi connectivity index (χ3v) is 3.95. The Balaban J connectivity index is 1.90. The first kappa shape index (κ1) is 11.5. The molecule has 0 heterocycles. The molecule has 2 heteroatoms. The maximum atomic E-state index is 6.21. The van der Waals surface area contributed by atoms with Crippen LogP contribution in [0.4, 0.5) is 5.69 Å². The molecule has 1 fully saturated rings. The maximum absolute atomic E-state index is 6.21. The van der Waals surface area contributed by atoms with Gasteiger partial charge in [-0.05, 0) is 24.3 Å². The van der Waals surface area contributed by atoms with Gasteiger partial charge in [0.15, 0.2) is 0 Å². The van der Waals surface area contributed by atoms with Crippen LogP contribution >= 0.6 is 0 Å². The molecule has 94 valence electrons. The van der Waals surface area contributed by atoms with Gasteiger partial charge in [0.2, 0.25) is 0 Å². The van der Waals surface area contributed by atoms with Crippen LogP contribution in [0.3, 0.4) is 0 Å². The minimum absolute atomic E-state index is 0.290. The van der Waals surface area contributed by atoms with E-state index < -0.39 is 0 Å². The Bertz CT molecular complexity index is 530. The number of nitrogens with one attached hydrogen (secondary N) is 1. The van der Waals surface area contributed by atoms with E-state index in [-0.39, 0.29) is 6.04 Å². The maximum Gasteiger partial charge on any atom is 0.0422 e. The molecular formula is C16H20N2. The van der Waals surface area contributed by atoms with Crippen LogP contribution in [0.5, 0.6) is 0 Å². The van der Waals surface area contributed by atoms with Gasteiger partial charge in [-0.1, -0.05) is 49.2 Å². The van der Waals surface area contributed by atoms with Crippen molar-refractivity contribution in [3.05, 3.63) is 42.5 Å². The van der Waals surface area contributed by atoms with E-state index in [1.54, 1.807) is 0 Å². The number of nitrogens with two attached hydrogens (primary N) is 1. The van der Waals surface area contributed by atoms with Gasteiger partial charge in [-0.15, -0.1) is 0 Å². The minimum Gasteiger partial charge on any atom is -0.380 e. The Labute approximate surface area is 108 Å². The molecule has 0 aromatic heterocycles. The Morgan fingerprint density at radius 1 is 0.944 bits per heavy atom. The summed E-state index contributed by atoms with van der Waals surface area (Å²) < 4.78 is 0. The van der Waals surface area contributed by atoms with Crippen molar-refractivity contribution in [3.63, 3.8) is 0 Å². The molecule has 2 aromatic rings. The molecule has 0 unspecified atom stereocenters. The second-order valence-electron chi connectivity index (χ2n) is 5.23. The van der Waals surface area contributed by atoms with Crippen molar-refractivity contribution in [2.24, 2.45) is 5.73 Å². The number of hydrogen-bond donors (Lipinski definition) is 2. The van der Waals surface area contributed by atoms with E-state index in [2.05, 4.69) is 47.8 Å². The normalized spacial score (nSPS) is 24.1. The Kier molecular flexibility index (Phi) is 3.20. The molecule has 2 atom stereocenters. The quantitative estimate of drug-likeness (QED) is 0.843. The molecule has 3 rings (SSSR count). The average molecular weight is 240 g/mol. The molecule has 0 spiro atoms. The molecule has 0 radical (unpaired) electrons. The zero-order valence-electron chi connectivity index (χ0n) is 10.6. The number of fused-ring (bicyclic) bond motifs is 1. The van der Waals surface area contributed by atoms with Crippen molar-refractivity contribution in [1.29, 1.82) is 0 Å². The fraction of sp³-hybridized carbons (Fsp3) is 0.375. The molecule has 1 saturated carbocycles. The van der Waals surface area contributed by atoms with E-state index >= 15 is 0 Å². The highest BCUT2D eigenvalue weighted by Crippen LogP contribution is 2.26. The summed E-state index contributed by atoms with van der Waals surface area (Å²) in [5.74, 6) is 0. The molecule has 0 bridgehead atoms. The first-order chi connectivity index (χ1) is 8.84. The molecule has 0 aliphatic heterocycles. The molecule has 3 N–H and O–H groups in total. The summed E-state index contributed by atoms with van der Waals surface area (Å²) in [7, 11) is 0. The van der Waals surface area contributed by atoms with Crippen LogP contribution in [0.2, 0.25) is 0 Å². The number of anilines is 1. The third-order valence-electron chi connectivity index (χ3n) is 3.95. The van der Waals surface area contributed by atoms with Crippen molar-refractivity contribution in [1.82, 2.24) is 0 Å². The van der Waals surface area contributed by atoms with E-state index in [1.807, 2.05) is 0 Å². The largest absolute Gasteiger partial charge is 0.380 e. The molecule has 2 nitrogen and oxygen atoms in total. The monoisotopic (exact) mass is 240 g/mol. The summed E-state index contributed by atoms with van der Waals surface area (Å²) >= 11 is 0. The summed E-state index contributed by atoms with van der Waals surface area (Å²) in [6, 6.07) is 15.6. The van der Waals surface area contributed by atoms with Gasteiger partial charge >= 0.3 is 0 Å². The SMILES string of the molecule is N[C@@H]1CCCC[C@H]1Nc1cccc2ccccc12. The number of benzene rings is 2. The summed E-state index contributed by atoms with van der Waals surface area (Å²) in [5, 5.41) is 6.22. The molecular weight excluding hydrogens is 220 g/mol. The van der Waals surface area contributed by atoms with Gasteiger partial charge in [-0.25, -0.2) is 0 Å². The molecule has 18 heavy (non-hydrogen) atoms. The lowest BCUT2D eigenvalue weighted by atomic mass is 9.90. The van der Waals surface area contributed by atoms with Gasteiger partial charge in [0.05, 0.1) is 0 Å². The predicted octanol–water partition coefficient (Wildman–Crippen LogP) is 3.52. The second kappa shape index (κ2) is 4.99. The summed E-state index contributed by atoms with van der Waals surface area (Å²) in [5.41, 5.74) is 7.43. The van der Waals surface area contributed by atoms with Crippen LogP contribution in [0.1, 0.15) is 25.7 Å². The van der Waals surface area contributed by atoms with Crippen LogP contribution in [0.25, 0.3) is 10.8 Å². The van der Waals surface area contributed by atoms with E-state index in [0.717, 1.165) is 6.42 Å². The zero-order valence-corrected chi connectivity index (χ0v) is 10.6. The lowest BCUT2D eigenvalue weighted by Crippen LogP contribution is -2.42. The lowest BCUT2D eigenvalue weighted by Gasteiger charge is -2.30. The molecule has 1 aliphatic carbocycles. The van der Waals surface area contributed by atoms with Crippen LogP contribution in [0, 0.1) is 0 Å². The van der Waals surface area contributed by atoms with Crippen LogP contribution in [-0.4, -0.2) is 12.1 Å². The van der Waals surface area contributed by atoms with Crippen LogP contribution in [0.15, 0.2) is 42.5 Å². The molecule has 0 amide bonds. The van der Waals surface area contributed by atoms with Crippen molar-refractivity contribution in [2.45, 2.75) is 37.8 Å². The van der Waals surface area contributed by atoms with Gasteiger partial charge in [0, 0.05) is 23.2 Å². The van der Waals surface area contributed by atoms with Gasteiger partial charge in [-0.3, -0.25) is 0 Å². The average Bonchev–Trinajstić information content (AvgIpc) is 2.42. The number of hydrogen-bond acceptors (Lipinski definition) is 2. The fourth-order valence-electron chi connectivity index (χ4n) is 2.89. The summed E-state index contributed by atoms with van der Waals surface area (Å²) in [6.45, 7) is 0. The molecule has 2 aromatic carbocycles. The van der Waals surface area contributed by atoms with Crippen molar-refractivity contribution in [2.75, 3.05) is 5.32 Å². The summed E-state index contributed by atoms with van der Waals surface area (Å²) in [6.07, 6.45) is 4.89. The van der Waals surface area contributed by atoms with Crippen LogP contribution < -0.4 is 11.1 Å². The van der Waals surface area contributed by atoms with Gasteiger partial charge < -0.3 is 11.1 Å². The van der Waals surface area contributed by atoms with E-state index in [4.69, 9.17) is 5.73 Å². The van der Waals surface area contributed by atoms with Crippen molar-refractivity contribution < 1.29 is 0 Å². The van der Waals surface area contributed by atoms with E-state index in [1.165, 1.54) is 35.7 Å². The highest BCUT2D eigenvalue weighted by atomic mass is 15.0. The standard InChI is InChI=1S/C16H20N2/c17-14-9-3-4-10-16(14)18-15-11-5-7-12-6-1-2-8-13(12)15/h1-2,5-8,11,14,16,18H,3-4,9-10,17H2/t14-,16-/m1/s1. The van der Waals surface area contributed by atoms with Gasteiger partial charge in [0.25, 0.3) is 0 Å². The van der Waals surface area contributed by atoms with E-state index in [0.29, 0.717) is 6.04 Å². The Hall–Kier alpha value is -1.54. The molecule has 1 aliphatic rings. The first-order valence-corrected chi connectivity index (χ1v) is 6.84. The predicted molar refractivity (Wildman–Crippen MR) is 77.8 cm³/mol. The fourth-order valence-corrected chi connectivity index (χ4v) is 2.89. The van der Waals surface area contributed by atoms with E-state index in [9.17, 15) is 0 Å². The first-order valence-electron chi connectivity index (χ1n) is 6.84. The van der Waals surface area contributed by atoms with Gasteiger partial charge in [-0.2, -0.15) is 0 Å². The highest BCUT2D eigenvalue weighted by Gasteiger charge is 2.21. The Morgan fingerprint density at radius 3 is 2.61 bits per heavy atom. The van der Waals surface area contributed by atoms with Crippen molar-refractivity contribution in [3.8, 4) is 0 Å².